The highest BCUT2D eigenvalue weighted by Gasteiger charge is 2.09. The van der Waals surface area contributed by atoms with E-state index in [1.807, 2.05) is 24.3 Å². The molecular weight excluding hydrogens is 344 g/mol. The highest BCUT2D eigenvalue weighted by atomic mass is 16.7. The predicted molar refractivity (Wildman–Crippen MR) is 104 cm³/mol. The van der Waals surface area contributed by atoms with Gasteiger partial charge in [0.15, 0.2) is 0 Å². The molecule has 0 fully saturated rings. The van der Waals surface area contributed by atoms with Crippen LogP contribution in [0, 0.1) is 5.92 Å². The lowest BCUT2D eigenvalue weighted by Crippen LogP contribution is -2.12. The second kappa shape index (κ2) is 11.2. The predicted octanol–water partition coefficient (Wildman–Crippen LogP) is 5.27. The Labute approximate surface area is 160 Å². The normalized spacial score (nSPS) is 11.7. The first kappa shape index (κ1) is 20.7. The summed E-state index contributed by atoms with van der Waals surface area (Å²) in [7, 11) is 0. The third-order valence-electron chi connectivity index (χ3n) is 4.17. The van der Waals surface area contributed by atoms with E-state index in [1.54, 1.807) is 6.20 Å². The van der Waals surface area contributed by atoms with Crippen LogP contribution in [0.25, 0.3) is 11.3 Å². The van der Waals surface area contributed by atoms with E-state index in [4.69, 9.17) is 14.2 Å². The summed E-state index contributed by atoms with van der Waals surface area (Å²) in [5.41, 5.74) is 1.60. The van der Waals surface area contributed by atoms with Gasteiger partial charge in [-0.3, -0.25) is 0 Å². The Bertz CT molecular complexity index is 686. The van der Waals surface area contributed by atoms with Crippen molar-refractivity contribution in [1.82, 2.24) is 9.97 Å². The maximum absolute atomic E-state index is 11.6. The van der Waals surface area contributed by atoms with Crippen molar-refractivity contribution in [2.45, 2.75) is 46.5 Å². The van der Waals surface area contributed by atoms with Gasteiger partial charge in [-0.15, -0.1) is 0 Å². The molecule has 0 amide bonds. The highest BCUT2D eigenvalue weighted by Crippen LogP contribution is 2.21. The molecule has 0 aliphatic heterocycles. The number of unbranched alkanes of at least 4 members (excludes halogenated alkanes) is 2. The van der Waals surface area contributed by atoms with Crippen LogP contribution < -0.4 is 9.47 Å². The summed E-state index contributed by atoms with van der Waals surface area (Å²) in [6.45, 7) is 7.45. The van der Waals surface area contributed by atoms with E-state index in [0.29, 0.717) is 24.8 Å². The summed E-state index contributed by atoms with van der Waals surface area (Å²) < 4.78 is 15.7. The third kappa shape index (κ3) is 7.25. The number of carbonyl (C=O) groups is 1. The van der Waals surface area contributed by atoms with Crippen LogP contribution >= 0.6 is 0 Å². The minimum absolute atomic E-state index is 0.118. The molecule has 6 nitrogen and oxygen atoms in total. The van der Waals surface area contributed by atoms with Gasteiger partial charge in [0.25, 0.3) is 0 Å². The van der Waals surface area contributed by atoms with Crippen LogP contribution in [0.1, 0.15) is 46.5 Å². The van der Waals surface area contributed by atoms with E-state index in [9.17, 15) is 4.79 Å². The molecule has 1 aromatic heterocycles. The molecule has 0 saturated carbocycles. The summed E-state index contributed by atoms with van der Waals surface area (Å²) in [5.74, 6) is 1.48. The van der Waals surface area contributed by atoms with Gasteiger partial charge in [0.2, 0.25) is 5.88 Å². The Balaban J connectivity index is 1.86. The summed E-state index contributed by atoms with van der Waals surface area (Å²) in [6.07, 6.45) is 6.22. The van der Waals surface area contributed by atoms with Gasteiger partial charge in [0.05, 0.1) is 31.3 Å². The molecule has 2 aromatic rings. The van der Waals surface area contributed by atoms with E-state index in [0.717, 1.165) is 37.0 Å². The van der Waals surface area contributed by atoms with E-state index >= 15 is 0 Å². The summed E-state index contributed by atoms with van der Waals surface area (Å²) >= 11 is 0. The lowest BCUT2D eigenvalue weighted by molar-refractivity contribution is 0.0957. The Morgan fingerprint density at radius 1 is 1.07 bits per heavy atom. The average molecular weight is 372 g/mol. The average Bonchev–Trinajstić information content (AvgIpc) is 2.70. The van der Waals surface area contributed by atoms with Gasteiger partial charge in [-0.25, -0.2) is 14.8 Å². The zero-order valence-electron chi connectivity index (χ0n) is 16.3. The van der Waals surface area contributed by atoms with Crippen molar-refractivity contribution in [3.63, 3.8) is 0 Å². The minimum atomic E-state index is -0.754. The Morgan fingerprint density at radius 3 is 2.48 bits per heavy atom. The van der Waals surface area contributed by atoms with E-state index in [1.165, 1.54) is 6.20 Å². The second-order valence-corrected chi connectivity index (χ2v) is 6.50. The van der Waals surface area contributed by atoms with Crippen LogP contribution in [0.3, 0.4) is 0 Å². The van der Waals surface area contributed by atoms with Gasteiger partial charge in [-0.2, -0.15) is 0 Å². The molecule has 0 bridgehead atoms. The van der Waals surface area contributed by atoms with Gasteiger partial charge in [0.1, 0.15) is 5.75 Å². The maximum Gasteiger partial charge on any atom is 0.515 e. The number of rotatable bonds is 10. The van der Waals surface area contributed by atoms with Crippen LogP contribution in [-0.2, 0) is 4.74 Å². The first-order valence-electron chi connectivity index (χ1n) is 9.52. The summed E-state index contributed by atoms with van der Waals surface area (Å²) in [4.78, 5) is 20.0. The van der Waals surface area contributed by atoms with Crippen molar-refractivity contribution >= 4 is 6.16 Å². The van der Waals surface area contributed by atoms with Crippen molar-refractivity contribution in [1.29, 1.82) is 0 Å². The van der Waals surface area contributed by atoms with Crippen LogP contribution in [0.4, 0.5) is 4.79 Å². The molecule has 6 heteroatoms. The van der Waals surface area contributed by atoms with Gasteiger partial charge in [-0.1, -0.05) is 40.0 Å². The van der Waals surface area contributed by atoms with Gasteiger partial charge in [0, 0.05) is 5.56 Å². The molecule has 0 aliphatic carbocycles. The summed E-state index contributed by atoms with van der Waals surface area (Å²) in [6, 6.07) is 7.69. The SMILES string of the molecule is CCCCCOC(=O)Oc1cnc(-c2ccc(OCC(C)CC)cc2)cn1. The third-order valence-corrected chi connectivity index (χ3v) is 4.17. The smallest absolute Gasteiger partial charge is 0.493 e. The Morgan fingerprint density at radius 2 is 1.85 bits per heavy atom. The van der Waals surface area contributed by atoms with Gasteiger partial charge >= 0.3 is 6.16 Å². The van der Waals surface area contributed by atoms with E-state index in [-0.39, 0.29) is 5.88 Å². The molecule has 146 valence electrons. The van der Waals surface area contributed by atoms with Crippen LogP contribution in [0.5, 0.6) is 11.6 Å². The monoisotopic (exact) mass is 372 g/mol. The molecule has 2 rings (SSSR count). The van der Waals surface area contributed by atoms with Crippen molar-refractivity contribution < 1.29 is 19.0 Å². The molecule has 0 aliphatic rings. The van der Waals surface area contributed by atoms with Crippen molar-refractivity contribution in [2.24, 2.45) is 5.92 Å². The number of carbonyl (C=O) groups excluding carboxylic acids is 1. The van der Waals surface area contributed by atoms with Crippen molar-refractivity contribution in [2.75, 3.05) is 13.2 Å². The molecule has 27 heavy (non-hydrogen) atoms. The standard InChI is InChI=1S/C21H28N2O4/c1-4-6-7-12-25-21(24)27-20-14-22-19(13-23-20)17-8-10-18(11-9-17)26-15-16(3)5-2/h8-11,13-14,16H,4-7,12,15H2,1-3H3. The number of benzene rings is 1. The number of ether oxygens (including phenoxy) is 3. The van der Waals surface area contributed by atoms with E-state index < -0.39 is 6.16 Å². The minimum Gasteiger partial charge on any atom is -0.493 e. The van der Waals surface area contributed by atoms with Gasteiger partial charge in [-0.05, 0) is 36.6 Å². The zero-order chi connectivity index (χ0) is 19.5. The first-order valence-corrected chi connectivity index (χ1v) is 9.52. The van der Waals surface area contributed by atoms with Crippen LogP contribution in [0.2, 0.25) is 0 Å². The topological polar surface area (TPSA) is 70.5 Å². The number of aromatic nitrogens is 2. The molecule has 0 saturated heterocycles. The van der Waals surface area contributed by atoms with E-state index in [2.05, 4.69) is 30.7 Å². The Kier molecular flexibility index (Phi) is 8.55. The Hall–Kier alpha value is -2.63. The summed E-state index contributed by atoms with van der Waals surface area (Å²) in [5, 5.41) is 0. The lowest BCUT2D eigenvalue weighted by atomic mass is 10.1. The molecule has 0 spiro atoms. The molecule has 1 unspecified atom stereocenters. The lowest BCUT2D eigenvalue weighted by Gasteiger charge is -2.11. The fraction of sp³-hybridized carbons (Fsp3) is 0.476. The van der Waals surface area contributed by atoms with Crippen LogP contribution in [0.15, 0.2) is 36.7 Å². The maximum atomic E-state index is 11.6. The number of nitrogens with zero attached hydrogens (tertiary/aromatic N) is 2. The highest BCUT2D eigenvalue weighted by molar-refractivity contribution is 5.63. The molecule has 1 atom stereocenters. The second-order valence-electron chi connectivity index (χ2n) is 6.50. The molecule has 1 heterocycles. The first-order chi connectivity index (χ1) is 13.1. The molecule has 1 aromatic carbocycles. The quantitative estimate of drug-likeness (QED) is 0.418. The fourth-order valence-corrected chi connectivity index (χ4v) is 2.22. The number of hydrogen-bond donors (Lipinski definition) is 0. The van der Waals surface area contributed by atoms with Crippen LogP contribution in [-0.4, -0.2) is 29.3 Å². The van der Waals surface area contributed by atoms with Gasteiger partial charge < -0.3 is 14.2 Å². The molecule has 0 N–H and O–H groups in total. The molecule has 0 radical (unpaired) electrons. The fourth-order valence-electron chi connectivity index (χ4n) is 2.22. The molecular formula is C21H28N2O4. The zero-order valence-corrected chi connectivity index (χ0v) is 16.3. The van der Waals surface area contributed by atoms with Crippen molar-refractivity contribution in [3.05, 3.63) is 36.7 Å². The number of hydrogen-bond acceptors (Lipinski definition) is 6. The van der Waals surface area contributed by atoms with Crippen molar-refractivity contribution in [3.8, 4) is 22.9 Å². The largest absolute Gasteiger partial charge is 0.515 e.